The number of hydrogen-bond acceptors (Lipinski definition) is 11. The maximum atomic E-state index is 13.3. The highest BCUT2D eigenvalue weighted by Crippen LogP contribution is 2.42. The molecular weight excluding hydrogens is 768 g/mol. The third-order valence-electron chi connectivity index (χ3n) is 12.9. The summed E-state index contributed by atoms with van der Waals surface area (Å²) in [5, 5.41) is 12.2. The van der Waals surface area contributed by atoms with Crippen LogP contribution in [-0.4, -0.2) is 95.3 Å². The fraction of sp³-hybridized carbons (Fsp3) is 0.400. The number of fused-ring (bicyclic) bond motifs is 1. The molecule has 4 amide bonds. The predicted molar refractivity (Wildman–Crippen MR) is 220 cm³/mol. The number of hydrogen-bond donors (Lipinski definition) is 1. The van der Waals surface area contributed by atoms with Crippen LogP contribution < -0.4 is 19.9 Å². The van der Waals surface area contributed by atoms with E-state index in [4.69, 9.17) is 21.3 Å². The normalized spacial score (nSPS) is 20.6. The Balaban J connectivity index is 0.722. The van der Waals surface area contributed by atoms with E-state index in [1.54, 1.807) is 24.4 Å². The van der Waals surface area contributed by atoms with Crippen LogP contribution in [0.5, 0.6) is 5.75 Å². The molecule has 0 bridgehead atoms. The van der Waals surface area contributed by atoms with Crippen molar-refractivity contribution >= 4 is 46.9 Å². The van der Waals surface area contributed by atoms with Crippen LogP contribution in [0.15, 0.2) is 72.9 Å². The molecule has 9 rings (SSSR count). The van der Waals surface area contributed by atoms with Crippen molar-refractivity contribution in [3.8, 4) is 11.8 Å². The van der Waals surface area contributed by atoms with Crippen LogP contribution in [0.1, 0.15) is 82.6 Å². The summed E-state index contributed by atoms with van der Waals surface area (Å²) in [6, 6.07) is 21.9. The van der Waals surface area contributed by atoms with E-state index in [9.17, 15) is 24.4 Å². The first kappa shape index (κ1) is 38.7. The van der Waals surface area contributed by atoms with Crippen molar-refractivity contribution in [3.05, 3.63) is 111 Å². The number of imide groups is 2. The van der Waals surface area contributed by atoms with Crippen molar-refractivity contribution in [2.24, 2.45) is 11.3 Å². The van der Waals surface area contributed by atoms with Gasteiger partial charge in [-0.25, -0.2) is 9.97 Å². The van der Waals surface area contributed by atoms with Gasteiger partial charge in [-0.1, -0.05) is 37.6 Å². The number of carbonyl (C=O) groups is 4. The van der Waals surface area contributed by atoms with Crippen LogP contribution in [0, 0.1) is 22.7 Å². The molecule has 3 aromatic carbocycles. The standard InChI is InChI=1S/C45H45ClN8O5/c1-44(2,31-17-28(21-47)18-32(46)19-31)30-3-6-35(7-4-30)59-25-33-11-14-48-43(49-33)53-26-45(27-53)12-15-51(16-13-45)22-29-23-52(24-29)34-5-8-36-37(20-34)42(58)54(41(36)57)38-9-10-39(55)50-40(38)56/h3-8,11,14,17-20,29,38H,9-10,12-13,15-16,22-27H2,1-2H3,(H,50,55,56). The average Bonchev–Trinajstić information content (AvgIpc) is 3.45. The van der Waals surface area contributed by atoms with Gasteiger partial charge in [0.1, 0.15) is 18.4 Å². The van der Waals surface area contributed by atoms with E-state index in [1.165, 1.54) is 0 Å². The Hall–Kier alpha value is -5.84. The number of benzene rings is 3. The molecule has 6 heterocycles. The first-order chi connectivity index (χ1) is 28.4. The van der Waals surface area contributed by atoms with Gasteiger partial charge in [0.05, 0.1) is 28.5 Å². The third-order valence-corrected chi connectivity index (χ3v) is 13.1. The monoisotopic (exact) mass is 812 g/mol. The highest BCUT2D eigenvalue weighted by atomic mass is 35.5. The highest BCUT2D eigenvalue weighted by Gasteiger charge is 2.47. The number of likely N-dealkylation sites (tertiary alicyclic amines) is 1. The van der Waals surface area contributed by atoms with Crippen molar-refractivity contribution in [1.82, 2.24) is 25.1 Å². The van der Waals surface area contributed by atoms with Crippen LogP contribution in [-0.2, 0) is 21.6 Å². The fourth-order valence-electron chi connectivity index (χ4n) is 9.27. The zero-order valence-electron chi connectivity index (χ0n) is 33.1. The lowest BCUT2D eigenvalue weighted by atomic mass is 9.72. The molecule has 4 fully saturated rings. The lowest BCUT2D eigenvalue weighted by Crippen LogP contribution is -2.62. The second-order valence-corrected chi connectivity index (χ2v) is 17.7. The summed E-state index contributed by atoms with van der Waals surface area (Å²) < 4.78 is 6.13. The third kappa shape index (κ3) is 7.40. The molecule has 1 atom stereocenters. The molecule has 302 valence electrons. The number of nitrogens with one attached hydrogen (secondary N) is 1. The zero-order chi connectivity index (χ0) is 41.1. The number of ether oxygens (including phenoxy) is 1. The van der Waals surface area contributed by atoms with Gasteiger partial charge >= 0.3 is 0 Å². The molecule has 0 radical (unpaired) electrons. The fourth-order valence-corrected chi connectivity index (χ4v) is 9.51. The molecule has 14 heteroatoms. The molecule has 1 unspecified atom stereocenters. The van der Waals surface area contributed by atoms with E-state index in [0.717, 1.165) is 97.8 Å². The van der Waals surface area contributed by atoms with Crippen LogP contribution in [0.25, 0.3) is 0 Å². The molecule has 4 saturated heterocycles. The van der Waals surface area contributed by atoms with E-state index in [-0.39, 0.29) is 29.6 Å². The van der Waals surface area contributed by atoms with Gasteiger partial charge in [0.25, 0.3) is 11.8 Å². The quantitative estimate of drug-likeness (QED) is 0.207. The summed E-state index contributed by atoms with van der Waals surface area (Å²) in [6.07, 6.45) is 4.32. The van der Waals surface area contributed by atoms with Crippen LogP contribution in [0.4, 0.5) is 11.6 Å². The first-order valence-electron chi connectivity index (χ1n) is 20.2. The minimum atomic E-state index is -0.965. The van der Waals surface area contributed by atoms with Crippen molar-refractivity contribution in [3.63, 3.8) is 0 Å². The van der Waals surface area contributed by atoms with Gasteiger partial charge in [-0.2, -0.15) is 5.26 Å². The van der Waals surface area contributed by atoms with Gasteiger partial charge in [0.2, 0.25) is 17.8 Å². The lowest BCUT2D eigenvalue weighted by molar-refractivity contribution is -0.136. The summed E-state index contributed by atoms with van der Waals surface area (Å²) in [7, 11) is 0. The molecule has 13 nitrogen and oxygen atoms in total. The molecule has 5 aliphatic rings. The number of nitriles is 1. The molecular formula is C45H45ClN8O5. The van der Waals surface area contributed by atoms with Crippen molar-refractivity contribution in [2.45, 2.75) is 57.6 Å². The molecule has 0 saturated carbocycles. The molecule has 1 spiro atoms. The Morgan fingerprint density at radius 3 is 2.39 bits per heavy atom. The Morgan fingerprint density at radius 2 is 1.66 bits per heavy atom. The Bertz CT molecular complexity index is 2390. The average molecular weight is 813 g/mol. The molecule has 0 aliphatic carbocycles. The van der Waals surface area contributed by atoms with Gasteiger partial charge in [-0.05, 0) is 98.1 Å². The van der Waals surface area contributed by atoms with E-state index in [0.29, 0.717) is 34.2 Å². The summed E-state index contributed by atoms with van der Waals surface area (Å²) >= 11 is 6.30. The zero-order valence-corrected chi connectivity index (χ0v) is 33.9. The van der Waals surface area contributed by atoms with E-state index in [2.05, 4.69) is 44.9 Å². The van der Waals surface area contributed by atoms with Crippen LogP contribution in [0.2, 0.25) is 5.02 Å². The Labute approximate surface area is 347 Å². The van der Waals surface area contributed by atoms with E-state index in [1.807, 2.05) is 48.5 Å². The second-order valence-electron chi connectivity index (χ2n) is 17.2. The maximum absolute atomic E-state index is 13.3. The SMILES string of the molecule is CC(C)(c1ccc(OCc2ccnc(N3CC4(CCN(CC5CN(c6ccc7c(c6)C(=O)N(C6CCC(=O)NC6=O)C7=O)C5)CC4)C3)n2)cc1)c1cc(Cl)cc(C#N)c1. The van der Waals surface area contributed by atoms with Gasteiger partial charge in [0, 0.05) is 72.8 Å². The summed E-state index contributed by atoms with van der Waals surface area (Å²) in [5.74, 6) is 0.0551. The van der Waals surface area contributed by atoms with Gasteiger partial charge in [0.15, 0.2) is 0 Å². The second kappa shape index (κ2) is 15.1. The number of carbonyl (C=O) groups excluding carboxylic acids is 4. The highest BCUT2D eigenvalue weighted by molar-refractivity contribution is 6.30. The minimum Gasteiger partial charge on any atom is -0.487 e. The summed E-state index contributed by atoms with van der Waals surface area (Å²) in [5.41, 5.74) is 4.87. The number of piperidine rings is 2. The first-order valence-corrected chi connectivity index (χ1v) is 20.6. The van der Waals surface area contributed by atoms with Crippen molar-refractivity contribution in [1.29, 1.82) is 5.26 Å². The van der Waals surface area contributed by atoms with Crippen LogP contribution in [0.3, 0.4) is 0 Å². The number of aromatic nitrogens is 2. The Kier molecular flexibility index (Phi) is 9.88. The molecule has 59 heavy (non-hydrogen) atoms. The van der Waals surface area contributed by atoms with Gasteiger partial charge < -0.3 is 19.4 Å². The number of nitrogens with zero attached hydrogens (tertiary/aromatic N) is 7. The molecule has 1 aromatic heterocycles. The number of rotatable bonds is 10. The minimum absolute atomic E-state index is 0.0971. The topological polar surface area (TPSA) is 152 Å². The lowest BCUT2D eigenvalue weighted by Gasteiger charge is -2.54. The number of anilines is 2. The van der Waals surface area contributed by atoms with Gasteiger partial charge in [-0.3, -0.25) is 29.4 Å². The van der Waals surface area contributed by atoms with Crippen molar-refractivity contribution < 1.29 is 23.9 Å². The molecule has 1 N–H and O–H groups in total. The Morgan fingerprint density at radius 1 is 0.915 bits per heavy atom. The number of amides is 4. The van der Waals surface area contributed by atoms with Crippen LogP contribution >= 0.6 is 11.6 Å². The number of halogens is 1. The smallest absolute Gasteiger partial charge is 0.262 e. The summed E-state index contributed by atoms with van der Waals surface area (Å²) in [4.78, 5) is 67.9. The van der Waals surface area contributed by atoms with Gasteiger partial charge in [-0.15, -0.1) is 0 Å². The predicted octanol–water partition coefficient (Wildman–Crippen LogP) is 5.35. The summed E-state index contributed by atoms with van der Waals surface area (Å²) in [6.45, 7) is 11.3. The molecule has 5 aliphatic heterocycles. The van der Waals surface area contributed by atoms with E-state index < -0.39 is 23.8 Å². The van der Waals surface area contributed by atoms with Crippen molar-refractivity contribution in [2.75, 3.05) is 55.6 Å². The maximum Gasteiger partial charge on any atom is 0.262 e. The molecule has 4 aromatic rings. The van der Waals surface area contributed by atoms with E-state index >= 15 is 0 Å². The largest absolute Gasteiger partial charge is 0.487 e.